The third kappa shape index (κ3) is 3.49. The van der Waals surface area contributed by atoms with Crippen LogP contribution in [0.1, 0.15) is 18.1 Å². The number of benzene rings is 2. The highest BCUT2D eigenvalue weighted by molar-refractivity contribution is 6.32. The number of aryl methyl sites for hydroxylation is 1. The Morgan fingerprint density at radius 3 is 2.37 bits per heavy atom. The van der Waals surface area contributed by atoms with Crippen LogP contribution in [0.3, 0.4) is 0 Å². The van der Waals surface area contributed by atoms with E-state index in [0.29, 0.717) is 15.7 Å². The highest BCUT2D eigenvalue weighted by Gasteiger charge is 2.09. The van der Waals surface area contributed by atoms with Crippen LogP contribution in [0.2, 0.25) is 10.0 Å². The maximum Gasteiger partial charge on any atom is 0.235 e. The summed E-state index contributed by atoms with van der Waals surface area (Å²) < 4.78 is 0.769. The van der Waals surface area contributed by atoms with Crippen LogP contribution >= 0.6 is 23.2 Å². The molecule has 0 aliphatic carbocycles. The highest BCUT2D eigenvalue weighted by atomic mass is 35.5. The highest BCUT2D eigenvalue weighted by Crippen LogP contribution is 2.25. The summed E-state index contributed by atoms with van der Waals surface area (Å²) >= 11 is 11.9. The van der Waals surface area contributed by atoms with E-state index in [2.05, 4.69) is 0 Å². The van der Waals surface area contributed by atoms with Gasteiger partial charge in [0.2, 0.25) is 5.69 Å². The lowest BCUT2D eigenvalue weighted by atomic mass is 10.1. The first-order chi connectivity index (χ1) is 9.10. The Morgan fingerprint density at radius 2 is 1.79 bits per heavy atom. The summed E-state index contributed by atoms with van der Waals surface area (Å²) in [6.07, 6.45) is 2.36. The van der Waals surface area contributed by atoms with Crippen molar-refractivity contribution >= 4 is 35.1 Å². The van der Waals surface area contributed by atoms with Crippen LogP contribution in [0.15, 0.2) is 42.5 Å². The molecule has 0 heterocycles. The standard InChI is InChI=1S/C15H13Cl2NO/c1-2-11-5-8-15(14(17)9-11)18(19)10-12-3-6-13(16)7-4-12/h3-10H,2H2,1H3. The summed E-state index contributed by atoms with van der Waals surface area (Å²) in [5.41, 5.74) is 2.32. The molecular formula is C15H13Cl2NO. The van der Waals surface area contributed by atoms with Gasteiger partial charge in [-0.2, -0.15) is 4.74 Å². The molecule has 4 heteroatoms. The van der Waals surface area contributed by atoms with Gasteiger partial charge in [-0.05, 0) is 42.3 Å². The molecule has 0 aliphatic heterocycles. The normalized spacial score (nSPS) is 11.6. The quantitative estimate of drug-likeness (QED) is 0.345. The van der Waals surface area contributed by atoms with Gasteiger partial charge >= 0.3 is 0 Å². The van der Waals surface area contributed by atoms with Crippen molar-refractivity contribution in [1.82, 2.24) is 0 Å². The van der Waals surface area contributed by atoms with E-state index in [9.17, 15) is 5.21 Å². The Labute approximate surface area is 122 Å². The summed E-state index contributed by atoms with van der Waals surface area (Å²) in [5, 5.41) is 13.2. The zero-order valence-corrected chi connectivity index (χ0v) is 11.9. The van der Waals surface area contributed by atoms with E-state index in [-0.39, 0.29) is 0 Å². The summed E-state index contributed by atoms with van der Waals surface area (Å²) in [5.74, 6) is 0. The van der Waals surface area contributed by atoms with Crippen LogP contribution < -0.4 is 0 Å². The maximum atomic E-state index is 12.1. The Hall–Kier alpha value is -1.51. The minimum atomic E-state index is 0.439. The summed E-state index contributed by atoms with van der Waals surface area (Å²) in [4.78, 5) is 0. The molecule has 0 aromatic heterocycles. The second kappa shape index (κ2) is 6.09. The largest absolute Gasteiger partial charge is 0.618 e. The number of hydrogen-bond donors (Lipinski definition) is 0. The number of halogens is 2. The molecule has 2 rings (SSSR count). The lowest BCUT2D eigenvalue weighted by Gasteiger charge is -2.06. The van der Waals surface area contributed by atoms with Crippen LogP contribution in [0, 0.1) is 5.21 Å². The predicted molar refractivity (Wildman–Crippen MR) is 80.7 cm³/mol. The van der Waals surface area contributed by atoms with E-state index >= 15 is 0 Å². The van der Waals surface area contributed by atoms with Crippen LogP contribution in [0.25, 0.3) is 0 Å². The first-order valence-corrected chi connectivity index (χ1v) is 6.71. The van der Waals surface area contributed by atoms with Crippen molar-refractivity contribution in [3.63, 3.8) is 0 Å². The van der Waals surface area contributed by atoms with E-state index in [1.54, 1.807) is 30.3 Å². The minimum absolute atomic E-state index is 0.439. The lowest BCUT2D eigenvalue weighted by molar-refractivity contribution is -0.354. The molecule has 0 aliphatic rings. The third-order valence-electron chi connectivity index (χ3n) is 2.79. The predicted octanol–water partition coefficient (Wildman–Crippen LogP) is 4.82. The Kier molecular flexibility index (Phi) is 4.46. The molecule has 0 saturated heterocycles. The number of nitrogens with zero attached hydrogens (tertiary/aromatic N) is 1. The molecule has 0 atom stereocenters. The van der Waals surface area contributed by atoms with Crippen molar-refractivity contribution in [3.8, 4) is 0 Å². The molecule has 0 amide bonds. The molecule has 98 valence electrons. The molecule has 0 radical (unpaired) electrons. The first kappa shape index (κ1) is 13.9. The van der Waals surface area contributed by atoms with Crippen molar-refractivity contribution in [2.24, 2.45) is 0 Å². The fourth-order valence-electron chi connectivity index (χ4n) is 1.70. The molecule has 0 unspecified atom stereocenters. The van der Waals surface area contributed by atoms with Crippen molar-refractivity contribution in [3.05, 3.63) is 68.8 Å². The van der Waals surface area contributed by atoms with Gasteiger partial charge < -0.3 is 5.21 Å². The molecule has 2 aromatic rings. The van der Waals surface area contributed by atoms with Gasteiger partial charge in [0, 0.05) is 16.7 Å². The summed E-state index contributed by atoms with van der Waals surface area (Å²) in [7, 11) is 0. The van der Waals surface area contributed by atoms with E-state index in [4.69, 9.17) is 23.2 Å². The average molecular weight is 294 g/mol. The zero-order chi connectivity index (χ0) is 13.8. The Morgan fingerprint density at radius 1 is 1.11 bits per heavy atom. The van der Waals surface area contributed by atoms with E-state index in [1.165, 1.54) is 6.21 Å². The van der Waals surface area contributed by atoms with Crippen LogP contribution in [0.4, 0.5) is 5.69 Å². The fourth-order valence-corrected chi connectivity index (χ4v) is 2.12. The van der Waals surface area contributed by atoms with Crippen LogP contribution in [0.5, 0.6) is 0 Å². The molecule has 0 bridgehead atoms. The Bertz CT molecular complexity index is 606. The van der Waals surface area contributed by atoms with Gasteiger partial charge in [0.05, 0.1) is 0 Å². The smallest absolute Gasteiger partial charge is 0.235 e. The fraction of sp³-hybridized carbons (Fsp3) is 0.133. The van der Waals surface area contributed by atoms with Crippen LogP contribution in [-0.2, 0) is 6.42 Å². The van der Waals surface area contributed by atoms with E-state index < -0.39 is 0 Å². The summed E-state index contributed by atoms with van der Waals surface area (Å²) in [6, 6.07) is 12.5. The average Bonchev–Trinajstić information content (AvgIpc) is 2.41. The van der Waals surface area contributed by atoms with Gasteiger partial charge in [-0.1, -0.05) is 36.2 Å². The number of hydrogen-bond acceptors (Lipinski definition) is 1. The molecule has 0 fully saturated rings. The molecule has 0 saturated carbocycles. The van der Waals surface area contributed by atoms with E-state index in [0.717, 1.165) is 22.3 Å². The molecule has 2 nitrogen and oxygen atoms in total. The van der Waals surface area contributed by atoms with Gasteiger partial charge in [-0.15, -0.1) is 0 Å². The SMILES string of the molecule is CCc1ccc([N+]([O-])=Cc2ccc(Cl)cc2)c(Cl)c1. The van der Waals surface area contributed by atoms with Gasteiger partial charge in [0.1, 0.15) is 5.02 Å². The first-order valence-electron chi connectivity index (χ1n) is 5.95. The van der Waals surface area contributed by atoms with Gasteiger partial charge in [-0.3, -0.25) is 0 Å². The molecule has 0 N–H and O–H groups in total. The van der Waals surface area contributed by atoms with Gasteiger partial charge in [0.15, 0.2) is 6.21 Å². The topological polar surface area (TPSA) is 26.1 Å². The van der Waals surface area contributed by atoms with Crippen LogP contribution in [-0.4, -0.2) is 11.0 Å². The second-order valence-corrected chi connectivity index (χ2v) is 4.99. The van der Waals surface area contributed by atoms with Crippen molar-refractivity contribution in [1.29, 1.82) is 0 Å². The monoisotopic (exact) mass is 293 g/mol. The second-order valence-electron chi connectivity index (χ2n) is 4.15. The molecule has 0 spiro atoms. The minimum Gasteiger partial charge on any atom is -0.618 e. The molecule has 19 heavy (non-hydrogen) atoms. The number of rotatable bonds is 3. The molecule has 2 aromatic carbocycles. The van der Waals surface area contributed by atoms with Crippen molar-refractivity contribution < 1.29 is 4.74 Å². The zero-order valence-electron chi connectivity index (χ0n) is 10.4. The van der Waals surface area contributed by atoms with E-state index in [1.807, 2.05) is 19.1 Å². The molecular weight excluding hydrogens is 281 g/mol. The lowest BCUT2D eigenvalue weighted by Crippen LogP contribution is -1.99. The van der Waals surface area contributed by atoms with Gasteiger partial charge in [0.25, 0.3) is 0 Å². The summed E-state index contributed by atoms with van der Waals surface area (Å²) in [6.45, 7) is 2.04. The third-order valence-corrected chi connectivity index (χ3v) is 3.35. The Balaban J connectivity index is 2.33. The van der Waals surface area contributed by atoms with Crippen molar-refractivity contribution in [2.75, 3.05) is 0 Å². The maximum absolute atomic E-state index is 12.1. The van der Waals surface area contributed by atoms with Gasteiger partial charge in [-0.25, -0.2) is 0 Å². The van der Waals surface area contributed by atoms with Crippen molar-refractivity contribution in [2.45, 2.75) is 13.3 Å².